The molecule has 2 aromatic carbocycles. The number of Topliss-reactive ketones (excluding diaryl/α,β-unsaturated/α-hetero) is 1. The van der Waals surface area contributed by atoms with Crippen molar-refractivity contribution in [3.8, 4) is 22.9 Å². The van der Waals surface area contributed by atoms with Crippen LogP contribution in [0.15, 0.2) is 42.5 Å². The monoisotopic (exact) mass is 521 g/mol. The van der Waals surface area contributed by atoms with E-state index in [9.17, 15) is 24.3 Å². The highest BCUT2D eigenvalue weighted by Crippen LogP contribution is 2.35. The van der Waals surface area contributed by atoms with E-state index in [1.165, 1.54) is 0 Å². The van der Waals surface area contributed by atoms with E-state index in [1.807, 2.05) is 6.07 Å². The van der Waals surface area contributed by atoms with Gasteiger partial charge in [0.15, 0.2) is 5.78 Å². The van der Waals surface area contributed by atoms with E-state index in [2.05, 4.69) is 11.0 Å². The Hall–Kier alpha value is -3.28. The second-order valence-corrected chi connectivity index (χ2v) is 11.3. The molecule has 4 rings (SSSR count). The third kappa shape index (κ3) is 6.77. The summed E-state index contributed by atoms with van der Waals surface area (Å²) in [5.74, 6) is -1.13. The van der Waals surface area contributed by atoms with Crippen LogP contribution in [-0.4, -0.2) is 59.7 Å². The number of carbonyl (C=O) groups is 2. The van der Waals surface area contributed by atoms with Crippen molar-refractivity contribution < 1.29 is 23.8 Å². The number of amides is 1. The van der Waals surface area contributed by atoms with Gasteiger partial charge in [-0.25, -0.2) is 4.39 Å². The average Bonchev–Trinajstić information content (AvgIpc) is 3.29. The lowest BCUT2D eigenvalue weighted by molar-refractivity contribution is -0.122. The summed E-state index contributed by atoms with van der Waals surface area (Å²) in [7, 11) is 0. The highest BCUT2D eigenvalue weighted by molar-refractivity contribution is 6.01. The number of ether oxygens (including phenoxy) is 1. The normalized spacial score (nSPS) is 22.7. The number of nitrogens with two attached hydrogens (primary N) is 1. The van der Waals surface area contributed by atoms with Gasteiger partial charge in [0.2, 0.25) is 5.91 Å². The molecule has 0 aromatic heterocycles. The summed E-state index contributed by atoms with van der Waals surface area (Å²) in [5.41, 5.74) is 6.80. The number of aliphatic hydroxyl groups is 1. The molecule has 202 valence electrons. The van der Waals surface area contributed by atoms with E-state index in [1.54, 1.807) is 50.2 Å². The molecule has 1 aliphatic carbocycles. The van der Waals surface area contributed by atoms with E-state index in [-0.39, 0.29) is 18.6 Å². The van der Waals surface area contributed by atoms with Crippen molar-refractivity contribution in [2.45, 2.75) is 51.3 Å². The Labute approximate surface area is 223 Å². The molecule has 3 atom stereocenters. The number of carbonyl (C=O) groups excluding carboxylic acids is 2. The maximum absolute atomic E-state index is 13.9. The summed E-state index contributed by atoms with van der Waals surface area (Å²) in [6.45, 7) is 5.84. The molecule has 2 unspecified atom stereocenters. The van der Waals surface area contributed by atoms with Crippen molar-refractivity contribution in [2.75, 3.05) is 26.2 Å². The first-order valence-electron chi connectivity index (χ1n) is 13.2. The maximum Gasteiger partial charge on any atom is 0.221 e. The van der Waals surface area contributed by atoms with Gasteiger partial charge in [0.25, 0.3) is 0 Å². The van der Waals surface area contributed by atoms with Crippen LogP contribution < -0.4 is 10.5 Å². The van der Waals surface area contributed by atoms with E-state index < -0.39 is 29.5 Å². The molecule has 8 heteroatoms. The lowest BCUT2D eigenvalue weighted by Crippen LogP contribution is -2.41. The largest absolute Gasteiger partial charge is 0.492 e. The van der Waals surface area contributed by atoms with Crippen molar-refractivity contribution in [3.63, 3.8) is 0 Å². The molecule has 7 nitrogen and oxygen atoms in total. The van der Waals surface area contributed by atoms with E-state index in [0.29, 0.717) is 35.9 Å². The molecule has 2 aliphatic rings. The number of rotatable bonds is 9. The SMILES string of the molecule is CC(C)(F)CN1CCC(COc2ccc(-c3ccc(C(=O)C4C[C@H](O)CC4C(N)=O)cc3)cc2C#N)CC1. The molecule has 1 amide bonds. The number of ketones is 1. The Morgan fingerprint density at radius 2 is 1.74 bits per heavy atom. The lowest BCUT2D eigenvalue weighted by Gasteiger charge is -2.34. The molecule has 0 spiro atoms. The van der Waals surface area contributed by atoms with Crippen LogP contribution in [-0.2, 0) is 4.79 Å². The summed E-state index contributed by atoms with van der Waals surface area (Å²) in [6.07, 6.45) is 1.61. The van der Waals surface area contributed by atoms with Gasteiger partial charge in [0.05, 0.1) is 24.2 Å². The summed E-state index contributed by atoms with van der Waals surface area (Å²) in [6, 6.07) is 14.7. The quantitative estimate of drug-likeness (QED) is 0.480. The topological polar surface area (TPSA) is 117 Å². The smallest absolute Gasteiger partial charge is 0.221 e. The molecule has 1 saturated heterocycles. The highest BCUT2D eigenvalue weighted by Gasteiger charge is 2.41. The Balaban J connectivity index is 1.37. The first-order chi connectivity index (χ1) is 18.0. The first-order valence-corrected chi connectivity index (χ1v) is 13.2. The summed E-state index contributed by atoms with van der Waals surface area (Å²) in [4.78, 5) is 26.9. The van der Waals surface area contributed by atoms with Gasteiger partial charge in [-0.2, -0.15) is 5.26 Å². The van der Waals surface area contributed by atoms with Gasteiger partial charge < -0.3 is 20.5 Å². The first kappa shape index (κ1) is 27.7. The average molecular weight is 522 g/mol. The van der Waals surface area contributed by atoms with Gasteiger partial charge >= 0.3 is 0 Å². The zero-order valence-electron chi connectivity index (χ0n) is 22.0. The van der Waals surface area contributed by atoms with Crippen LogP contribution >= 0.6 is 0 Å². The zero-order valence-corrected chi connectivity index (χ0v) is 22.0. The fourth-order valence-electron chi connectivity index (χ4n) is 5.63. The van der Waals surface area contributed by atoms with Crippen LogP contribution in [0.1, 0.15) is 55.5 Å². The number of hydrogen-bond donors (Lipinski definition) is 2. The third-order valence-electron chi connectivity index (χ3n) is 7.62. The van der Waals surface area contributed by atoms with Crippen LogP contribution in [0.4, 0.5) is 4.39 Å². The molecule has 38 heavy (non-hydrogen) atoms. The molecule has 1 saturated carbocycles. The Morgan fingerprint density at radius 1 is 1.11 bits per heavy atom. The predicted molar refractivity (Wildman–Crippen MR) is 142 cm³/mol. The minimum absolute atomic E-state index is 0.197. The number of nitrogens with zero attached hydrogens (tertiary/aromatic N) is 2. The highest BCUT2D eigenvalue weighted by atomic mass is 19.1. The van der Waals surface area contributed by atoms with E-state index >= 15 is 0 Å². The second-order valence-electron chi connectivity index (χ2n) is 11.3. The van der Waals surface area contributed by atoms with Gasteiger partial charge in [0, 0.05) is 18.0 Å². The van der Waals surface area contributed by atoms with Crippen LogP contribution in [0, 0.1) is 29.1 Å². The van der Waals surface area contributed by atoms with Gasteiger partial charge in [0.1, 0.15) is 17.5 Å². The number of likely N-dealkylation sites (tertiary alicyclic amines) is 1. The number of hydrogen-bond acceptors (Lipinski definition) is 6. The van der Waals surface area contributed by atoms with Gasteiger partial charge in [-0.05, 0) is 81.8 Å². The number of piperidine rings is 1. The van der Waals surface area contributed by atoms with Gasteiger partial charge in [-0.3, -0.25) is 9.59 Å². The van der Waals surface area contributed by atoms with Crippen LogP contribution in [0.25, 0.3) is 11.1 Å². The summed E-state index contributed by atoms with van der Waals surface area (Å²) in [5, 5.41) is 19.7. The van der Waals surface area contributed by atoms with Crippen molar-refractivity contribution >= 4 is 11.7 Å². The molecule has 2 fully saturated rings. The number of halogens is 1. The standard InChI is InChI=1S/C30H36FN3O4/c1-30(2,31)18-34-11-9-19(10-12-34)17-38-27-8-7-22(13-23(27)16-32)20-3-5-21(6-4-20)28(36)25-14-24(35)15-26(25)29(33)37/h3-8,13,19,24-26,35H,9-12,14-15,17-18H2,1-2H3,(H2,33,37)/t24-,25?,26?/m0/s1. The molecule has 0 bridgehead atoms. The second kappa shape index (κ2) is 11.6. The fourth-order valence-corrected chi connectivity index (χ4v) is 5.63. The van der Waals surface area contributed by atoms with Crippen LogP contribution in [0.3, 0.4) is 0 Å². The number of primary amides is 1. The number of benzene rings is 2. The van der Waals surface area contributed by atoms with Crippen LogP contribution in [0.5, 0.6) is 5.75 Å². The summed E-state index contributed by atoms with van der Waals surface area (Å²) >= 11 is 0. The zero-order chi connectivity index (χ0) is 27.4. The van der Waals surface area contributed by atoms with Gasteiger partial charge in [-0.15, -0.1) is 0 Å². The number of alkyl halides is 1. The molecule has 2 aromatic rings. The minimum Gasteiger partial charge on any atom is -0.492 e. The molecule has 3 N–H and O–H groups in total. The maximum atomic E-state index is 13.9. The van der Waals surface area contributed by atoms with Gasteiger partial charge in [-0.1, -0.05) is 30.3 Å². The number of aliphatic hydroxyl groups excluding tert-OH is 1. The van der Waals surface area contributed by atoms with E-state index in [0.717, 1.165) is 37.1 Å². The van der Waals surface area contributed by atoms with Crippen molar-refractivity contribution in [3.05, 3.63) is 53.6 Å². The van der Waals surface area contributed by atoms with Crippen molar-refractivity contribution in [1.82, 2.24) is 4.90 Å². The minimum atomic E-state index is -1.20. The molecule has 1 aliphatic heterocycles. The Morgan fingerprint density at radius 3 is 2.34 bits per heavy atom. The molecular formula is C30H36FN3O4. The predicted octanol–water partition coefficient (Wildman–Crippen LogP) is 4.12. The van der Waals surface area contributed by atoms with Crippen LogP contribution in [0.2, 0.25) is 0 Å². The third-order valence-corrected chi connectivity index (χ3v) is 7.62. The number of nitriles is 1. The fraction of sp³-hybridized carbons (Fsp3) is 0.500. The Bertz CT molecular complexity index is 1190. The van der Waals surface area contributed by atoms with Crippen molar-refractivity contribution in [1.29, 1.82) is 5.26 Å². The lowest BCUT2D eigenvalue weighted by atomic mass is 9.87. The molecule has 1 heterocycles. The van der Waals surface area contributed by atoms with E-state index in [4.69, 9.17) is 10.5 Å². The molecular weight excluding hydrogens is 485 g/mol. The molecule has 0 radical (unpaired) electrons. The summed E-state index contributed by atoms with van der Waals surface area (Å²) < 4.78 is 19.9. The van der Waals surface area contributed by atoms with Crippen molar-refractivity contribution in [2.24, 2.45) is 23.5 Å². The Kier molecular flexibility index (Phi) is 8.49.